The van der Waals surface area contributed by atoms with Crippen molar-refractivity contribution >= 4 is 18.1 Å². The topological polar surface area (TPSA) is 71.6 Å². The lowest BCUT2D eigenvalue weighted by Gasteiger charge is -2.18. The minimum atomic E-state index is -0.451. The first-order valence-corrected chi connectivity index (χ1v) is 4.47. The van der Waals surface area contributed by atoms with Gasteiger partial charge in [0, 0.05) is 12.4 Å². The number of pyridine rings is 1. The second-order valence-corrected chi connectivity index (χ2v) is 3.07. The number of hydrogen-bond donors (Lipinski definition) is 1. The van der Waals surface area contributed by atoms with Gasteiger partial charge in [0.25, 0.3) is 0 Å². The van der Waals surface area contributed by atoms with E-state index in [2.05, 4.69) is 9.98 Å². The zero-order valence-corrected chi connectivity index (χ0v) is 8.00. The Labute approximate surface area is 86.9 Å². The quantitative estimate of drug-likeness (QED) is 0.749. The molecule has 2 heterocycles. The highest BCUT2D eigenvalue weighted by Gasteiger charge is 2.12. The van der Waals surface area contributed by atoms with Crippen molar-refractivity contribution in [3.63, 3.8) is 0 Å². The van der Waals surface area contributed by atoms with Crippen LogP contribution in [0.5, 0.6) is 0 Å². The molecule has 0 spiro atoms. The Hall–Kier alpha value is -2.17. The molecule has 0 saturated heterocycles. The van der Waals surface area contributed by atoms with Crippen LogP contribution < -0.4 is 10.6 Å². The number of rotatable bonds is 2. The maximum atomic E-state index is 11.0. The number of nitrogens with two attached hydrogens (primary N) is 1. The molecule has 0 atom stereocenters. The van der Waals surface area contributed by atoms with E-state index in [9.17, 15) is 4.79 Å². The summed E-state index contributed by atoms with van der Waals surface area (Å²) in [6.45, 7) is 0.332. The van der Waals surface area contributed by atoms with Gasteiger partial charge < -0.3 is 5.73 Å². The van der Waals surface area contributed by atoms with Crippen LogP contribution in [-0.4, -0.2) is 23.8 Å². The van der Waals surface area contributed by atoms with Crippen LogP contribution in [0.2, 0.25) is 0 Å². The van der Waals surface area contributed by atoms with Gasteiger partial charge in [0.05, 0.1) is 18.5 Å². The SMILES string of the molecule is NC(=O)C1=CN(c2ccccn2)C=NC1. The Balaban J connectivity index is 2.28. The predicted octanol–water partition coefficient (Wildman–Crippen LogP) is 0.299. The Morgan fingerprint density at radius 1 is 1.47 bits per heavy atom. The van der Waals surface area contributed by atoms with Crippen LogP contribution in [0.15, 0.2) is 41.2 Å². The van der Waals surface area contributed by atoms with Crippen molar-refractivity contribution in [2.45, 2.75) is 0 Å². The van der Waals surface area contributed by atoms with E-state index in [1.807, 2.05) is 18.2 Å². The highest BCUT2D eigenvalue weighted by molar-refractivity contribution is 5.96. The van der Waals surface area contributed by atoms with Crippen molar-refractivity contribution < 1.29 is 4.79 Å². The molecular weight excluding hydrogens is 192 g/mol. The van der Waals surface area contributed by atoms with E-state index in [-0.39, 0.29) is 0 Å². The van der Waals surface area contributed by atoms with E-state index in [4.69, 9.17) is 5.73 Å². The second kappa shape index (κ2) is 3.91. The summed E-state index contributed by atoms with van der Waals surface area (Å²) in [6.07, 6.45) is 4.95. The lowest BCUT2D eigenvalue weighted by Crippen LogP contribution is -2.26. The molecular formula is C10H10N4O. The summed E-state index contributed by atoms with van der Waals surface area (Å²) in [4.78, 5) is 20.8. The fraction of sp³-hybridized carbons (Fsp3) is 0.100. The summed E-state index contributed by atoms with van der Waals surface area (Å²) in [6, 6.07) is 5.51. The molecule has 1 amide bonds. The summed E-state index contributed by atoms with van der Waals surface area (Å²) in [7, 11) is 0. The first-order chi connectivity index (χ1) is 7.27. The van der Waals surface area contributed by atoms with E-state index in [0.717, 1.165) is 0 Å². The number of anilines is 1. The molecule has 0 radical (unpaired) electrons. The molecule has 1 aliphatic rings. The monoisotopic (exact) mass is 202 g/mol. The molecule has 1 aliphatic heterocycles. The summed E-state index contributed by atoms with van der Waals surface area (Å²) in [5.41, 5.74) is 5.65. The van der Waals surface area contributed by atoms with Gasteiger partial charge in [-0.3, -0.25) is 14.7 Å². The minimum Gasteiger partial charge on any atom is -0.366 e. The maximum absolute atomic E-state index is 11.0. The smallest absolute Gasteiger partial charge is 0.248 e. The average molecular weight is 202 g/mol. The molecule has 15 heavy (non-hydrogen) atoms. The zero-order chi connectivity index (χ0) is 10.7. The second-order valence-electron chi connectivity index (χ2n) is 3.07. The van der Waals surface area contributed by atoms with E-state index >= 15 is 0 Å². The summed E-state index contributed by atoms with van der Waals surface area (Å²) >= 11 is 0. The molecule has 76 valence electrons. The van der Waals surface area contributed by atoms with Crippen LogP contribution in [0, 0.1) is 0 Å². The van der Waals surface area contributed by atoms with Crippen molar-refractivity contribution in [2.75, 3.05) is 11.4 Å². The normalized spacial score (nSPS) is 14.9. The Morgan fingerprint density at radius 3 is 3.00 bits per heavy atom. The van der Waals surface area contributed by atoms with Gasteiger partial charge >= 0.3 is 0 Å². The molecule has 0 aromatic carbocycles. The van der Waals surface area contributed by atoms with E-state index in [1.54, 1.807) is 23.6 Å². The van der Waals surface area contributed by atoms with Gasteiger partial charge in [-0.2, -0.15) is 0 Å². The van der Waals surface area contributed by atoms with Crippen LogP contribution in [0.25, 0.3) is 0 Å². The maximum Gasteiger partial charge on any atom is 0.248 e. The third kappa shape index (κ3) is 2.01. The van der Waals surface area contributed by atoms with Crippen LogP contribution in [0.1, 0.15) is 0 Å². The minimum absolute atomic E-state index is 0.332. The fourth-order valence-corrected chi connectivity index (χ4v) is 1.24. The molecule has 0 saturated carbocycles. The predicted molar refractivity (Wildman–Crippen MR) is 57.4 cm³/mol. The molecule has 2 N–H and O–H groups in total. The number of carbonyl (C=O) groups excluding carboxylic acids is 1. The number of primary amides is 1. The first-order valence-electron chi connectivity index (χ1n) is 4.47. The zero-order valence-electron chi connectivity index (χ0n) is 8.00. The third-order valence-corrected chi connectivity index (χ3v) is 1.99. The molecule has 1 aromatic rings. The lowest BCUT2D eigenvalue weighted by atomic mass is 10.2. The van der Waals surface area contributed by atoms with E-state index in [1.165, 1.54) is 0 Å². The van der Waals surface area contributed by atoms with Gasteiger partial charge in [0.1, 0.15) is 5.82 Å². The molecule has 0 fully saturated rings. The van der Waals surface area contributed by atoms with Crippen molar-refractivity contribution in [3.8, 4) is 0 Å². The van der Waals surface area contributed by atoms with Crippen molar-refractivity contribution in [1.82, 2.24) is 4.98 Å². The first kappa shape index (κ1) is 9.39. The number of aliphatic imine (C=N–C) groups is 1. The van der Waals surface area contributed by atoms with E-state index in [0.29, 0.717) is 17.9 Å². The number of nitrogens with zero attached hydrogens (tertiary/aromatic N) is 3. The molecule has 1 aromatic heterocycles. The summed E-state index contributed by atoms with van der Waals surface area (Å²) in [5.74, 6) is 0.257. The van der Waals surface area contributed by atoms with Gasteiger partial charge in [-0.25, -0.2) is 4.98 Å². The van der Waals surface area contributed by atoms with Crippen LogP contribution in [0.3, 0.4) is 0 Å². The largest absolute Gasteiger partial charge is 0.366 e. The third-order valence-electron chi connectivity index (χ3n) is 1.99. The standard InChI is InChI=1S/C10H10N4O/c11-10(15)8-5-12-7-14(6-8)9-3-1-2-4-13-9/h1-4,6-7H,5H2,(H2,11,15). The molecule has 0 aliphatic carbocycles. The lowest BCUT2D eigenvalue weighted by molar-refractivity contribution is -0.114. The molecule has 0 bridgehead atoms. The summed E-state index contributed by atoms with van der Waals surface area (Å²) < 4.78 is 0. The molecule has 5 heteroatoms. The van der Waals surface area contributed by atoms with Crippen molar-refractivity contribution in [1.29, 1.82) is 0 Å². The van der Waals surface area contributed by atoms with Crippen molar-refractivity contribution in [2.24, 2.45) is 10.7 Å². The average Bonchev–Trinajstić information content (AvgIpc) is 2.30. The Kier molecular flexibility index (Phi) is 2.45. The number of aromatic nitrogens is 1. The highest BCUT2D eigenvalue weighted by Crippen LogP contribution is 2.12. The van der Waals surface area contributed by atoms with Gasteiger partial charge in [-0.1, -0.05) is 6.07 Å². The molecule has 0 unspecified atom stereocenters. The van der Waals surface area contributed by atoms with Crippen LogP contribution in [0.4, 0.5) is 5.82 Å². The number of carbonyl (C=O) groups is 1. The van der Waals surface area contributed by atoms with E-state index < -0.39 is 5.91 Å². The van der Waals surface area contributed by atoms with Gasteiger partial charge in [-0.15, -0.1) is 0 Å². The number of amides is 1. The fourth-order valence-electron chi connectivity index (χ4n) is 1.24. The molecule has 5 nitrogen and oxygen atoms in total. The van der Waals surface area contributed by atoms with Crippen LogP contribution in [-0.2, 0) is 4.79 Å². The Bertz CT molecular complexity index is 424. The summed E-state index contributed by atoms with van der Waals surface area (Å²) in [5, 5.41) is 0. The van der Waals surface area contributed by atoms with Crippen molar-refractivity contribution in [3.05, 3.63) is 36.2 Å². The van der Waals surface area contributed by atoms with Crippen LogP contribution >= 0.6 is 0 Å². The Morgan fingerprint density at radius 2 is 2.33 bits per heavy atom. The van der Waals surface area contributed by atoms with Gasteiger partial charge in [0.15, 0.2) is 0 Å². The highest BCUT2D eigenvalue weighted by atomic mass is 16.1. The number of hydrogen-bond acceptors (Lipinski definition) is 4. The molecule has 2 rings (SSSR count). The van der Waals surface area contributed by atoms with Gasteiger partial charge in [-0.05, 0) is 12.1 Å². The van der Waals surface area contributed by atoms with Gasteiger partial charge in [0.2, 0.25) is 5.91 Å².